The highest BCUT2D eigenvalue weighted by Crippen LogP contribution is 2.19. The molecule has 2 rings (SSSR count). The number of hydrogen-bond acceptors (Lipinski definition) is 7. The molecule has 8 nitrogen and oxygen atoms in total. The van der Waals surface area contributed by atoms with Crippen LogP contribution >= 0.6 is 11.8 Å². The molecule has 0 radical (unpaired) electrons. The number of fused-ring (bicyclic) bond motifs is 1. The third kappa shape index (κ3) is 5.30. The Labute approximate surface area is 160 Å². The van der Waals surface area contributed by atoms with E-state index in [-0.39, 0.29) is 35.4 Å². The molecule has 146 valence electrons. The highest BCUT2D eigenvalue weighted by atomic mass is 32.2. The molecule has 1 aromatic carbocycles. The SMILES string of the molecule is COC(=O)c1ccc2c(=O)n(C[C@H](C)O)c(SCC(=O)NC(C)C)nc2c1. The number of nitrogens with one attached hydrogen (secondary N) is 1. The second kappa shape index (κ2) is 9.01. The van der Waals surface area contributed by atoms with E-state index >= 15 is 0 Å². The second-order valence-electron chi connectivity index (χ2n) is 6.39. The maximum absolute atomic E-state index is 12.8. The molecular weight excluding hydrogens is 370 g/mol. The lowest BCUT2D eigenvalue weighted by Gasteiger charge is -2.15. The maximum Gasteiger partial charge on any atom is 0.337 e. The summed E-state index contributed by atoms with van der Waals surface area (Å²) in [5.74, 6) is -0.638. The zero-order chi connectivity index (χ0) is 20.1. The van der Waals surface area contributed by atoms with Crippen LogP contribution in [0.25, 0.3) is 10.9 Å². The number of amides is 1. The van der Waals surface area contributed by atoms with Crippen molar-refractivity contribution in [1.29, 1.82) is 0 Å². The maximum atomic E-state index is 12.8. The van der Waals surface area contributed by atoms with E-state index in [0.29, 0.717) is 16.1 Å². The molecular formula is C18H23N3O5S. The van der Waals surface area contributed by atoms with E-state index in [9.17, 15) is 19.5 Å². The molecule has 0 spiro atoms. The fourth-order valence-corrected chi connectivity index (χ4v) is 3.29. The fourth-order valence-electron chi connectivity index (χ4n) is 2.47. The molecule has 1 heterocycles. The van der Waals surface area contributed by atoms with Crippen molar-refractivity contribution in [3.8, 4) is 0 Å². The standard InChI is InChI=1S/C18H23N3O5S/c1-10(2)19-15(23)9-27-18-20-14-7-12(17(25)26-4)5-6-13(14)16(24)21(18)8-11(3)22/h5-7,10-11,22H,8-9H2,1-4H3,(H,19,23)/t11-/m0/s1. The van der Waals surface area contributed by atoms with E-state index in [1.54, 1.807) is 6.92 Å². The molecule has 1 aromatic heterocycles. The highest BCUT2D eigenvalue weighted by molar-refractivity contribution is 7.99. The molecule has 9 heteroatoms. The summed E-state index contributed by atoms with van der Waals surface area (Å²) < 4.78 is 6.04. The van der Waals surface area contributed by atoms with Crippen LogP contribution in [0, 0.1) is 0 Å². The first-order valence-corrected chi connectivity index (χ1v) is 9.44. The third-order valence-corrected chi connectivity index (χ3v) is 4.55. The Bertz CT molecular complexity index is 908. The summed E-state index contributed by atoms with van der Waals surface area (Å²) in [5, 5.41) is 13.1. The zero-order valence-corrected chi connectivity index (χ0v) is 16.5. The summed E-state index contributed by atoms with van der Waals surface area (Å²) in [6.07, 6.45) is -0.764. The largest absolute Gasteiger partial charge is 0.465 e. The van der Waals surface area contributed by atoms with E-state index in [1.165, 1.54) is 29.9 Å². The second-order valence-corrected chi connectivity index (χ2v) is 7.34. The molecule has 0 aliphatic carbocycles. The average Bonchev–Trinajstić information content (AvgIpc) is 2.60. The molecule has 1 amide bonds. The normalized spacial score (nSPS) is 12.2. The molecule has 0 fully saturated rings. The summed E-state index contributed by atoms with van der Waals surface area (Å²) in [5.41, 5.74) is 0.263. The van der Waals surface area contributed by atoms with Crippen LogP contribution in [0.2, 0.25) is 0 Å². The molecule has 2 N–H and O–H groups in total. The van der Waals surface area contributed by atoms with Crippen LogP contribution < -0.4 is 10.9 Å². The minimum atomic E-state index is -0.764. The molecule has 0 aliphatic rings. The van der Waals surface area contributed by atoms with Crippen molar-refractivity contribution in [3.63, 3.8) is 0 Å². The summed E-state index contributed by atoms with van der Waals surface area (Å²) in [7, 11) is 1.27. The van der Waals surface area contributed by atoms with Crippen LogP contribution in [-0.2, 0) is 16.1 Å². The Kier molecular flexibility index (Phi) is 6.98. The molecule has 0 saturated heterocycles. The number of aliphatic hydroxyl groups is 1. The lowest BCUT2D eigenvalue weighted by Crippen LogP contribution is -2.32. The molecule has 0 unspecified atom stereocenters. The number of methoxy groups -OCH3 is 1. The van der Waals surface area contributed by atoms with Crippen molar-refractivity contribution in [2.75, 3.05) is 12.9 Å². The first-order chi connectivity index (χ1) is 12.7. The molecule has 27 heavy (non-hydrogen) atoms. The van der Waals surface area contributed by atoms with Crippen LogP contribution in [0.15, 0.2) is 28.2 Å². The predicted octanol–water partition coefficient (Wildman–Crippen LogP) is 1.18. The molecule has 2 aromatic rings. The minimum absolute atomic E-state index is 0.00457. The number of ether oxygens (including phenoxy) is 1. The van der Waals surface area contributed by atoms with Gasteiger partial charge in [0.25, 0.3) is 5.56 Å². The first-order valence-electron chi connectivity index (χ1n) is 8.46. The van der Waals surface area contributed by atoms with Crippen molar-refractivity contribution in [3.05, 3.63) is 34.1 Å². The van der Waals surface area contributed by atoms with Gasteiger partial charge in [0, 0.05) is 6.04 Å². The average molecular weight is 393 g/mol. The van der Waals surface area contributed by atoms with Crippen LogP contribution in [0.3, 0.4) is 0 Å². The Morgan fingerprint density at radius 2 is 2.04 bits per heavy atom. The van der Waals surface area contributed by atoms with Gasteiger partial charge in [0.2, 0.25) is 5.91 Å². The third-order valence-electron chi connectivity index (χ3n) is 3.57. The van der Waals surface area contributed by atoms with E-state index in [2.05, 4.69) is 10.3 Å². The van der Waals surface area contributed by atoms with Gasteiger partial charge in [0.1, 0.15) is 0 Å². The van der Waals surface area contributed by atoms with Gasteiger partial charge in [-0.3, -0.25) is 14.2 Å². The van der Waals surface area contributed by atoms with Gasteiger partial charge in [0.15, 0.2) is 5.16 Å². The number of thioether (sulfide) groups is 1. The van der Waals surface area contributed by atoms with Crippen molar-refractivity contribution >= 4 is 34.5 Å². The quantitative estimate of drug-likeness (QED) is 0.413. The molecule has 1 atom stereocenters. The van der Waals surface area contributed by atoms with Crippen LogP contribution in [0.5, 0.6) is 0 Å². The van der Waals surface area contributed by atoms with E-state index in [4.69, 9.17) is 4.74 Å². The fraction of sp³-hybridized carbons (Fsp3) is 0.444. The predicted molar refractivity (Wildman–Crippen MR) is 103 cm³/mol. The Morgan fingerprint density at radius 1 is 1.33 bits per heavy atom. The number of aliphatic hydroxyl groups excluding tert-OH is 1. The molecule has 0 bridgehead atoms. The van der Waals surface area contributed by atoms with Gasteiger partial charge < -0.3 is 15.2 Å². The van der Waals surface area contributed by atoms with Crippen molar-refractivity contribution in [2.45, 2.75) is 44.6 Å². The van der Waals surface area contributed by atoms with Crippen LogP contribution in [0.4, 0.5) is 0 Å². The number of nitrogens with zero attached hydrogens (tertiary/aromatic N) is 2. The zero-order valence-electron chi connectivity index (χ0n) is 15.7. The number of carbonyl (C=O) groups excluding carboxylic acids is 2. The van der Waals surface area contributed by atoms with Crippen molar-refractivity contribution < 1.29 is 19.4 Å². The summed E-state index contributed by atoms with van der Waals surface area (Å²) in [4.78, 5) is 41.0. The van der Waals surface area contributed by atoms with Gasteiger partial charge in [0.05, 0.1) is 42.0 Å². The Balaban J connectivity index is 2.48. The number of benzene rings is 1. The molecule has 0 aliphatic heterocycles. The van der Waals surface area contributed by atoms with Crippen LogP contribution in [0.1, 0.15) is 31.1 Å². The van der Waals surface area contributed by atoms with Crippen LogP contribution in [-0.4, -0.2) is 51.5 Å². The Morgan fingerprint density at radius 3 is 2.63 bits per heavy atom. The van der Waals surface area contributed by atoms with Gasteiger partial charge in [-0.1, -0.05) is 11.8 Å². The van der Waals surface area contributed by atoms with E-state index < -0.39 is 12.1 Å². The van der Waals surface area contributed by atoms with E-state index in [1.807, 2.05) is 13.8 Å². The number of aromatic nitrogens is 2. The van der Waals surface area contributed by atoms with E-state index in [0.717, 1.165) is 11.8 Å². The number of rotatable bonds is 7. The topological polar surface area (TPSA) is 111 Å². The Hall–Kier alpha value is -2.39. The van der Waals surface area contributed by atoms with Gasteiger partial charge in [-0.05, 0) is 39.0 Å². The number of esters is 1. The lowest BCUT2D eigenvalue weighted by molar-refractivity contribution is -0.119. The first kappa shape index (κ1) is 20.9. The monoisotopic (exact) mass is 393 g/mol. The van der Waals surface area contributed by atoms with Gasteiger partial charge in [-0.25, -0.2) is 9.78 Å². The summed E-state index contributed by atoms with van der Waals surface area (Å²) in [6.45, 7) is 5.33. The van der Waals surface area contributed by atoms with Gasteiger partial charge >= 0.3 is 5.97 Å². The lowest BCUT2D eigenvalue weighted by atomic mass is 10.1. The van der Waals surface area contributed by atoms with Crippen molar-refractivity contribution in [1.82, 2.24) is 14.9 Å². The summed E-state index contributed by atoms with van der Waals surface area (Å²) in [6, 6.07) is 4.49. The van der Waals surface area contributed by atoms with Crippen molar-refractivity contribution in [2.24, 2.45) is 0 Å². The highest BCUT2D eigenvalue weighted by Gasteiger charge is 2.16. The van der Waals surface area contributed by atoms with Gasteiger partial charge in [-0.2, -0.15) is 0 Å². The molecule has 0 saturated carbocycles. The smallest absolute Gasteiger partial charge is 0.337 e. The van der Waals surface area contributed by atoms with Gasteiger partial charge in [-0.15, -0.1) is 0 Å². The summed E-state index contributed by atoms with van der Waals surface area (Å²) >= 11 is 1.10. The minimum Gasteiger partial charge on any atom is -0.465 e. The number of carbonyl (C=O) groups is 2. The number of hydrogen-bond donors (Lipinski definition) is 2.